The van der Waals surface area contributed by atoms with E-state index in [4.69, 9.17) is 4.74 Å². The highest BCUT2D eigenvalue weighted by Crippen LogP contribution is 2.32. The number of aromatic amines is 1. The molecule has 0 atom stereocenters. The number of benzene rings is 2. The summed E-state index contributed by atoms with van der Waals surface area (Å²) < 4.78 is 62.2. The van der Waals surface area contributed by atoms with Crippen LogP contribution < -0.4 is 9.46 Å². The molecule has 4 rings (SSSR count). The van der Waals surface area contributed by atoms with Gasteiger partial charge in [-0.15, -0.1) is 0 Å². The van der Waals surface area contributed by atoms with Gasteiger partial charge >= 0.3 is 0 Å². The van der Waals surface area contributed by atoms with E-state index in [1.807, 2.05) is 4.72 Å². The molecule has 0 unspecified atom stereocenters. The molecular formula is C21H15F2N3O5S. The molecule has 8 nitrogen and oxygen atoms in total. The Labute approximate surface area is 180 Å². The van der Waals surface area contributed by atoms with E-state index in [0.29, 0.717) is 11.0 Å². The Balaban J connectivity index is 1.77. The summed E-state index contributed by atoms with van der Waals surface area (Å²) in [6.45, 7) is 0. The van der Waals surface area contributed by atoms with E-state index in [1.54, 1.807) is 12.1 Å². The van der Waals surface area contributed by atoms with Crippen molar-refractivity contribution in [3.05, 3.63) is 77.6 Å². The van der Waals surface area contributed by atoms with Gasteiger partial charge in [0.2, 0.25) is 5.78 Å². The maximum absolute atomic E-state index is 15.2. The van der Waals surface area contributed by atoms with Gasteiger partial charge in [0.15, 0.2) is 5.82 Å². The fraction of sp³-hybridized carbons (Fsp3) is 0.0476. The number of H-pyrrole nitrogens is 1. The molecule has 0 spiro atoms. The maximum Gasteiger partial charge on any atom is 0.265 e. The molecule has 0 aliphatic rings. The molecule has 2 aromatic carbocycles. The lowest BCUT2D eigenvalue weighted by Gasteiger charge is -2.14. The first kappa shape index (κ1) is 21.2. The van der Waals surface area contributed by atoms with Crippen molar-refractivity contribution in [2.24, 2.45) is 0 Å². The van der Waals surface area contributed by atoms with Crippen molar-refractivity contribution < 1.29 is 31.8 Å². The number of hydrogen-bond acceptors (Lipinski definition) is 6. The Bertz CT molecular complexity index is 1470. The summed E-state index contributed by atoms with van der Waals surface area (Å²) in [6, 6.07) is 8.01. The van der Waals surface area contributed by atoms with Gasteiger partial charge in [0.25, 0.3) is 10.0 Å². The molecule has 0 amide bonds. The minimum atomic E-state index is -4.42. The number of anilines is 1. The first-order chi connectivity index (χ1) is 15.2. The zero-order valence-corrected chi connectivity index (χ0v) is 17.2. The molecule has 11 heteroatoms. The molecule has 2 aromatic heterocycles. The van der Waals surface area contributed by atoms with Crippen LogP contribution in [0.1, 0.15) is 15.9 Å². The second-order valence-corrected chi connectivity index (χ2v) is 8.31. The number of aromatic hydroxyl groups is 1. The number of fused-ring (bicyclic) bond motifs is 1. The third kappa shape index (κ3) is 3.62. The molecule has 0 aliphatic carbocycles. The molecule has 0 aliphatic heterocycles. The molecule has 0 radical (unpaired) electrons. The number of aromatic nitrogens is 2. The largest absolute Gasteiger partial charge is 0.508 e. The van der Waals surface area contributed by atoms with Crippen LogP contribution in [0.4, 0.5) is 14.5 Å². The molecule has 0 saturated heterocycles. The highest BCUT2D eigenvalue weighted by atomic mass is 32.2. The summed E-state index contributed by atoms with van der Waals surface area (Å²) in [4.78, 5) is 19.3. The van der Waals surface area contributed by atoms with Crippen LogP contribution in [0.2, 0.25) is 0 Å². The monoisotopic (exact) mass is 459 g/mol. The topological polar surface area (TPSA) is 121 Å². The number of methoxy groups -OCH3 is 1. The van der Waals surface area contributed by atoms with E-state index in [-0.39, 0.29) is 17.1 Å². The Hall–Kier alpha value is -3.99. The zero-order chi connectivity index (χ0) is 23.0. The van der Waals surface area contributed by atoms with Gasteiger partial charge in [-0.3, -0.25) is 9.52 Å². The van der Waals surface area contributed by atoms with Crippen molar-refractivity contribution >= 4 is 32.5 Å². The molecule has 4 aromatic rings. The minimum absolute atomic E-state index is 0.0221. The number of halogens is 2. The number of carbonyl (C=O) groups excluding carboxylic acids is 1. The molecule has 3 N–H and O–H groups in total. The van der Waals surface area contributed by atoms with E-state index in [2.05, 4.69) is 9.97 Å². The Morgan fingerprint density at radius 2 is 1.97 bits per heavy atom. The van der Waals surface area contributed by atoms with Crippen LogP contribution >= 0.6 is 0 Å². The quantitative estimate of drug-likeness (QED) is 0.379. The molecule has 32 heavy (non-hydrogen) atoms. The van der Waals surface area contributed by atoms with Crippen molar-refractivity contribution in [2.75, 3.05) is 11.8 Å². The number of hydrogen-bond donors (Lipinski definition) is 3. The van der Waals surface area contributed by atoms with Crippen LogP contribution in [0.3, 0.4) is 0 Å². The molecule has 0 saturated carbocycles. The van der Waals surface area contributed by atoms with Gasteiger partial charge in [0.1, 0.15) is 27.9 Å². The number of carbonyl (C=O) groups is 1. The van der Waals surface area contributed by atoms with Crippen molar-refractivity contribution in [3.63, 3.8) is 0 Å². The lowest BCUT2D eigenvalue weighted by Crippen LogP contribution is -2.17. The van der Waals surface area contributed by atoms with E-state index in [9.17, 15) is 22.7 Å². The maximum atomic E-state index is 15.2. The van der Waals surface area contributed by atoms with E-state index in [0.717, 1.165) is 30.3 Å². The van der Waals surface area contributed by atoms with E-state index >= 15 is 4.39 Å². The third-order valence-corrected chi connectivity index (χ3v) is 6.10. The lowest BCUT2D eigenvalue weighted by atomic mass is 10.0. The first-order valence-electron chi connectivity index (χ1n) is 9.07. The number of ether oxygens (including phenoxy) is 1. The van der Waals surface area contributed by atoms with Gasteiger partial charge in [0.05, 0.1) is 18.4 Å². The van der Waals surface area contributed by atoms with Crippen molar-refractivity contribution in [1.29, 1.82) is 0 Å². The molecule has 2 heterocycles. The first-order valence-corrected chi connectivity index (χ1v) is 10.6. The summed E-state index contributed by atoms with van der Waals surface area (Å²) in [6.07, 6.45) is 2.76. The molecule has 164 valence electrons. The van der Waals surface area contributed by atoms with Gasteiger partial charge in [-0.25, -0.2) is 22.2 Å². The SMILES string of the molecule is COc1cc(O)ccc1S(=O)(=O)Nc1ccc(F)c(C(=O)c2c[nH]c3ncccc23)c1F. The number of ketones is 1. The average Bonchev–Trinajstić information content (AvgIpc) is 3.19. The molecule has 0 bridgehead atoms. The smallest absolute Gasteiger partial charge is 0.265 e. The highest BCUT2D eigenvalue weighted by molar-refractivity contribution is 7.92. The number of rotatable bonds is 6. The van der Waals surface area contributed by atoms with Crippen LogP contribution in [0.15, 0.2) is 59.8 Å². The number of pyridine rings is 1. The third-order valence-electron chi connectivity index (χ3n) is 4.69. The fourth-order valence-corrected chi connectivity index (χ4v) is 4.41. The second kappa shape index (κ2) is 7.93. The fourth-order valence-electron chi connectivity index (χ4n) is 3.20. The number of phenolic OH excluding ortho intramolecular Hbond substituents is 1. The molecular weight excluding hydrogens is 444 g/mol. The number of nitrogens with zero attached hydrogens (tertiary/aromatic N) is 1. The zero-order valence-electron chi connectivity index (χ0n) is 16.4. The summed E-state index contributed by atoms with van der Waals surface area (Å²) in [7, 11) is -3.22. The lowest BCUT2D eigenvalue weighted by molar-refractivity contribution is 0.103. The highest BCUT2D eigenvalue weighted by Gasteiger charge is 2.27. The van der Waals surface area contributed by atoms with Crippen molar-refractivity contribution in [2.45, 2.75) is 4.90 Å². The van der Waals surface area contributed by atoms with E-state index < -0.39 is 43.6 Å². The molecule has 0 fully saturated rings. The predicted molar refractivity (Wildman–Crippen MR) is 111 cm³/mol. The number of sulfonamides is 1. The Morgan fingerprint density at radius 1 is 1.19 bits per heavy atom. The summed E-state index contributed by atoms with van der Waals surface area (Å²) >= 11 is 0. The minimum Gasteiger partial charge on any atom is -0.508 e. The summed E-state index contributed by atoms with van der Waals surface area (Å²) in [5.41, 5.74) is -1.23. The van der Waals surface area contributed by atoms with E-state index in [1.165, 1.54) is 19.5 Å². The van der Waals surface area contributed by atoms with Gasteiger partial charge < -0.3 is 14.8 Å². The van der Waals surface area contributed by atoms with Crippen LogP contribution in [-0.2, 0) is 10.0 Å². The predicted octanol–water partition coefficient (Wildman–Crippen LogP) is 3.59. The Morgan fingerprint density at radius 3 is 2.72 bits per heavy atom. The number of nitrogens with one attached hydrogen (secondary N) is 2. The summed E-state index contributed by atoms with van der Waals surface area (Å²) in [5, 5.41) is 9.88. The average molecular weight is 459 g/mol. The van der Waals surface area contributed by atoms with Gasteiger partial charge in [-0.1, -0.05) is 0 Å². The van der Waals surface area contributed by atoms with Crippen LogP contribution in [0.5, 0.6) is 11.5 Å². The van der Waals surface area contributed by atoms with Gasteiger partial charge in [0, 0.05) is 29.4 Å². The standard InChI is InChI=1S/C21H15F2N3O5S/c1-31-16-9-11(27)4-7-17(16)32(29,30)26-15-6-5-14(22)18(19(15)23)20(28)13-10-25-21-12(13)3-2-8-24-21/h2-10,26-27H,1H3,(H,24,25). The number of phenols is 1. The Kier molecular flexibility index (Phi) is 5.26. The second-order valence-electron chi connectivity index (χ2n) is 6.66. The van der Waals surface area contributed by atoms with Crippen LogP contribution in [0.25, 0.3) is 11.0 Å². The van der Waals surface area contributed by atoms with Crippen molar-refractivity contribution in [1.82, 2.24) is 9.97 Å². The summed E-state index contributed by atoms with van der Waals surface area (Å²) in [5.74, 6) is -3.95. The van der Waals surface area contributed by atoms with Gasteiger partial charge in [-0.05, 0) is 36.4 Å². The van der Waals surface area contributed by atoms with Crippen LogP contribution in [0, 0.1) is 11.6 Å². The normalized spacial score (nSPS) is 11.5. The van der Waals surface area contributed by atoms with Crippen molar-refractivity contribution in [3.8, 4) is 11.5 Å². The van der Waals surface area contributed by atoms with Gasteiger partial charge in [-0.2, -0.15) is 0 Å². The van der Waals surface area contributed by atoms with Crippen LogP contribution in [-0.4, -0.2) is 36.4 Å².